The van der Waals surface area contributed by atoms with Crippen LogP contribution in [0.15, 0.2) is 38.7 Å². The Kier molecular flexibility index (Phi) is 3.45. The van der Waals surface area contributed by atoms with Crippen molar-refractivity contribution in [1.29, 1.82) is 0 Å². The molecule has 0 bridgehead atoms. The summed E-state index contributed by atoms with van der Waals surface area (Å²) in [6.45, 7) is 0. The van der Waals surface area contributed by atoms with Gasteiger partial charge in [-0.1, -0.05) is 6.07 Å². The number of rotatable bonds is 3. The Morgan fingerprint density at radius 2 is 2.26 bits per heavy atom. The molecule has 0 atom stereocenters. The molecule has 0 fully saturated rings. The normalized spacial score (nSPS) is 10.6. The third-order valence-electron chi connectivity index (χ3n) is 2.19. The third-order valence-corrected chi connectivity index (χ3v) is 4.11. The van der Waals surface area contributed by atoms with Crippen LogP contribution in [-0.2, 0) is 0 Å². The first-order valence-electron chi connectivity index (χ1n) is 5.16. The Bertz CT molecular complexity index is 705. The van der Waals surface area contributed by atoms with Crippen molar-refractivity contribution < 1.29 is 9.21 Å². The minimum atomic E-state index is -0.348. The van der Waals surface area contributed by atoms with Gasteiger partial charge in [0.15, 0.2) is 16.3 Å². The van der Waals surface area contributed by atoms with Crippen molar-refractivity contribution in [2.75, 3.05) is 5.32 Å². The molecule has 0 aliphatic carbocycles. The highest BCUT2D eigenvalue weighted by atomic mass is 79.9. The number of hydrogen-bond acceptors (Lipinski definition) is 6. The first-order valence-corrected chi connectivity index (χ1v) is 7.61. The minimum absolute atomic E-state index is 0.222. The van der Waals surface area contributed by atoms with Crippen LogP contribution >= 0.6 is 38.8 Å². The molecule has 3 heterocycles. The molecule has 8 heteroatoms. The van der Waals surface area contributed by atoms with Crippen LogP contribution in [0.3, 0.4) is 0 Å². The maximum absolute atomic E-state index is 11.8. The molecule has 0 spiro atoms. The molecule has 1 N–H and O–H groups in total. The number of carbonyl (C=O) groups excluding carboxylic acids is 1. The number of nitrogens with one attached hydrogen (secondary N) is 1. The van der Waals surface area contributed by atoms with Gasteiger partial charge in [0, 0.05) is 11.5 Å². The predicted molar refractivity (Wildman–Crippen MR) is 77.6 cm³/mol. The summed E-state index contributed by atoms with van der Waals surface area (Å²) in [5.41, 5.74) is 0. The molecule has 0 unspecified atom stereocenters. The maximum atomic E-state index is 11.8. The molecule has 96 valence electrons. The average molecular weight is 356 g/mol. The summed E-state index contributed by atoms with van der Waals surface area (Å²) >= 11 is 5.84. The van der Waals surface area contributed by atoms with E-state index < -0.39 is 0 Å². The van der Waals surface area contributed by atoms with E-state index in [0.29, 0.717) is 15.6 Å². The van der Waals surface area contributed by atoms with Crippen LogP contribution < -0.4 is 5.32 Å². The Morgan fingerprint density at radius 3 is 2.95 bits per heavy atom. The Labute approximate surface area is 124 Å². The van der Waals surface area contributed by atoms with E-state index in [4.69, 9.17) is 4.42 Å². The molecule has 1 amide bonds. The summed E-state index contributed by atoms with van der Waals surface area (Å²) in [6, 6.07) is 7.11. The zero-order chi connectivity index (χ0) is 13.2. The number of amides is 1. The second-order valence-electron chi connectivity index (χ2n) is 3.46. The van der Waals surface area contributed by atoms with Gasteiger partial charge >= 0.3 is 0 Å². The molecule has 5 nitrogen and oxygen atoms in total. The number of thiophene rings is 1. The highest BCUT2D eigenvalue weighted by molar-refractivity contribution is 9.10. The quantitative estimate of drug-likeness (QED) is 0.774. The average Bonchev–Trinajstić information content (AvgIpc) is 3.07. The van der Waals surface area contributed by atoms with E-state index in [9.17, 15) is 4.79 Å². The van der Waals surface area contributed by atoms with Gasteiger partial charge in [-0.25, -0.2) is 0 Å². The summed E-state index contributed by atoms with van der Waals surface area (Å²) in [6.07, 6.45) is 0. The number of anilines is 1. The van der Waals surface area contributed by atoms with Gasteiger partial charge in [0.25, 0.3) is 5.91 Å². The largest absolute Gasteiger partial charge is 0.444 e. The fraction of sp³-hybridized carbons (Fsp3) is 0. The summed E-state index contributed by atoms with van der Waals surface area (Å²) in [5, 5.41) is 5.05. The van der Waals surface area contributed by atoms with Crippen LogP contribution in [0.1, 0.15) is 10.6 Å². The fourth-order valence-corrected chi connectivity index (χ4v) is 2.97. The lowest BCUT2D eigenvalue weighted by atomic mass is 10.4. The second kappa shape index (κ2) is 5.24. The number of furan rings is 1. The molecule has 0 saturated carbocycles. The molecule has 3 aromatic rings. The van der Waals surface area contributed by atoms with E-state index in [2.05, 4.69) is 30.6 Å². The summed E-state index contributed by atoms with van der Waals surface area (Å²) < 4.78 is 9.87. The van der Waals surface area contributed by atoms with E-state index >= 15 is 0 Å². The molecule has 3 rings (SSSR count). The predicted octanol–water partition coefficient (Wildman–Crippen LogP) is 3.87. The van der Waals surface area contributed by atoms with Crippen LogP contribution in [0.25, 0.3) is 10.7 Å². The minimum Gasteiger partial charge on any atom is -0.444 e. The summed E-state index contributed by atoms with van der Waals surface area (Å²) in [7, 11) is 0. The number of hydrogen-bond donors (Lipinski definition) is 1. The van der Waals surface area contributed by atoms with E-state index in [-0.39, 0.29) is 11.7 Å². The first-order chi connectivity index (χ1) is 9.22. The Morgan fingerprint density at radius 1 is 1.37 bits per heavy atom. The zero-order valence-corrected chi connectivity index (χ0v) is 12.5. The molecule has 0 radical (unpaired) electrons. The van der Waals surface area contributed by atoms with Crippen LogP contribution in [0, 0.1) is 0 Å². The van der Waals surface area contributed by atoms with Gasteiger partial charge in [-0.15, -0.1) is 11.3 Å². The standard InChI is InChI=1S/C11H6BrN3O2S2/c12-8-4-3-6(17-8)10(16)14-11-13-9(15-19-11)7-2-1-5-18-7/h1-5H,(H,13,14,15,16). The number of nitrogens with zero attached hydrogens (tertiary/aromatic N) is 2. The van der Waals surface area contributed by atoms with Gasteiger partial charge in [-0.3, -0.25) is 10.1 Å². The van der Waals surface area contributed by atoms with Crippen molar-refractivity contribution in [1.82, 2.24) is 9.36 Å². The summed E-state index contributed by atoms with van der Waals surface area (Å²) in [5.74, 6) is 0.496. The van der Waals surface area contributed by atoms with Gasteiger partial charge < -0.3 is 4.42 Å². The molecule has 0 aliphatic rings. The van der Waals surface area contributed by atoms with Gasteiger partial charge in [0.05, 0.1) is 4.88 Å². The zero-order valence-electron chi connectivity index (χ0n) is 9.29. The van der Waals surface area contributed by atoms with E-state index in [1.165, 1.54) is 0 Å². The highest BCUT2D eigenvalue weighted by Crippen LogP contribution is 2.25. The van der Waals surface area contributed by atoms with Crippen molar-refractivity contribution in [2.45, 2.75) is 0 Å². The van der Waals surface area contributed by atoms with Gasteiger partial charge in [0.2, 0.25) is 5.13 Å². The topological polar surface area (TPSA) is 68.0 Å². The van der Waals surface area contributed by atoms with Crippen LogP contribution in [0.2, 0.25) is 0 Å². The van der Waals surface area contributed by atoms with E-state index in [0.717, 1.165) is 16.4 Å². The lowest BCUT2D eigenvalue weighted by Gasteiger charge is -1.96. The van der Waals surface area contributed by atoms with Crippen molar-refractivity contribution in [3.63, 3.8) is 0 Å². The molecular weight excluding hydrogens is 350 g/mol. The van der Waals surface area contributed by atoms with Gasteiger partial charge in [-0.05, 0) is 39.5 Å². The molecule has 0 aliphatic heterocycles. The van der Waals surface area contributed by atoms with Crippen LogP contribution in [0.4, 0.5) is 5.13 Å². The van der Waals surface area contributed by atoms with Crippen LogP contribution in [-0.4, -0.2) is 15.3 Å². The monoisotopic (exact) mass is 355 g/mol. The highest BCUT2D eigenvalue weighted by Gasteiger charge is 2.14. The smallest absolute Gasteiger partial charge is 0.293 e. The SMILES string of the molecule is O=C(Nc1nc(-c2cccs2)ns1)c1ccc(Br)o1. The molecular formula is C11H6BrN3O2S2. The summed E-state index contributed by atoms with van der Waals surface area (Å²) in [4.78, 5) is 17.1. The number of carbonyl (C=O) groups is 1. The molecule has 3 aromatic heterocycles. The lowest BCUT2D eigenvalue weighted by molar-refractivity contribution is 0.0995. The first kappa shape index (κ1) is 12.5. The third kappa shape index (κ3) is 2.75. The van der Waals surface area contributed by atoms with E-state index in [1.807, 2.05) is 17.5 Å². The van der Waals surface area contributed by atoms with Crippen molar-refractivity contribution in [3.05, 3.63) is 40.1 Å². The van der Waals surface area contributed by atoms with Crippen molar-refractivity contribution >= 4 is 49.8 Å². The number of halogens is 1. The van der Waals surface area contributed by atoms with Crippen molar-refractivity contribution in [2.24, 2.45) is 0 Å². The maximum Gasteiger partial charge on any atom is 0.293 e. The molecule has 0 aromatic carbocycles. The van der Waals surface area contributed by atoms with Crippen molar-refractivity contribution in [3.8, 4) is 10.7 Å². The second-order valence-corrected chi connectivity index (χ2v) is 5.94. The Hall–Kier alpha value is -1.51. The van der Waals surface area contributed by atoms with Crippen LogP contribution in [0.5, 0.6) is 0 Å². The number of aromatic nitrogens is 2. The molecule has 0 saturated heterocycles. The fourth-order valence-electron chi connectivity index (χ4n) is 1.38. The molecule has 19 heavy (non-hydrogen) atoms. The lowest BCUT2D eigenvalue weighted by Crippen LogP contribution is -2.10. The van der Waals surface area contributed by atoms with Gasteiger partial charge in [0.1, 0.15) is 0 Å². The van der Waals surface area contributed by atoms with Gasteiger partial charge in [-0.2, -0.15) is 9.36 Å². The van der Waals surface area contributed by atoms with E-state index in [1.54, 1.807) is 23.5 Å². The Balaban J connectivity index is 1.76.